The molecule has 4 rings (SSSR count). The van der Waals surface area contributed by atoms with Crippen molar-refractivity contribution < 1.29 is 9.53 Å². The number of ether oxygens (including phenoxy) is 1. The van der Waals surface area contributed by atoms with Gasteiger partial charge in [0, 0.05) is 56.7 Å². The maximum Gasteiger partial charge on any atom is 0.314 e. The second-order valence-corrected chi connectivity index (χ2v) is 8.95. The molecule has 2 atom stereocenters. The summed E-state index contributed by atoms with van der Waals surface area (Å²) in [6.45, 7) is 9.65. The Labute approximate surface area is 201 Å². The monoisotopic (exact) mass is 465 g/mol. The van der Waals surface area contributed by atoms with Gasteiger partial charge >= 0.3 is 6.03 Å². The van der Waals surface area contributed by atoms with Gasteiger partial charge in [-0.3, -0.25) is 4.98 Å². The molecule has 9 heteroatoms. The normalized spacial score (nSPS) is 20.6. The summed E-state index contributed by atoms with van der Waals surface area (Å²) in [5.74, 6) is 1.15. The highest BCUT2D eigenvalue weighted by Gasteiger charge is 2.22. The van der Waals surface area contributed by atoms with Gasteiger partial charge in [-0.15, -0.1) is 0 Å². The standard InChI is InChI=1S/C25H35N7O2/c1-3-20(31-11-13-34-14-12-31)7-6-18(2)21-15-22-23(28-9-8-27-22)24(30-21)29-16-19-5-4-10-32(17-19)25(26)33/h3,6-9,15,18-19H,4-5,10-14,16-17H2,1-2H3,(H2,26,33)(H,29,30)/b7-6-,20-3+. The van der Waals surface area contributed by atoms with E-state index in [1.807, 2.05) is 6.07 Å². The van der Waals surface area contributed by atoms with Gasteiger partial charge in [-0.1, -0.05) is 19.1 Å². The summed E-state index contributed by atoms with van der Waals surface area (Å²) >= 11 is 0. The van der Waals surface area contributed by atoms with Crippen molar-refractivity contribution in [2.24, 2.45) is 11.7 Å². The first-order valence-electron chi connectivity index (χ1n) is 12.1. The lowest BCUT2D eigenvalue weighted by Gasteiger charge is -2.31. The number of morpholine rings is 1. The molecule has 2 fully saturated rings. The van der Waals surface area contributed by atoms with Crippen LogP contribution in [0.25, 0.3) is 11.0 Å². The molecule has 0 saturated carbocycles. The van der Waals surface area contributed by atoms with Crippen molar-refractivity contribution in [3.05, 3.63) is 48.1 Å². The molecule has 2 unspecified atom stereocenters. The highest BCUT2D eigenvalue weighted by atomic mass is 16.5. The van der Waals surface area contributed by atoms with E-state index in [0.717, 1.165) is 68.2 Å². The fourth-order valence-corrected chi connectivity index (χ4v) is 4.57. The number of anilines is 1. The van der Waals surface area contributed by atoms with E-state index in [0.29, 0.717) is 19.0 Å². The fraction of sp³-hybridized carbons (Fsp3) is 0.520. The number of hydrogen-bond acceptors (Lipinski definition) is 7. The van der Waals surface area contributed by atoms with E-state index >= 15 is 0 Å². The first-order chi connectivity index (χ1) is 16.5. The lowest BCUT2D eigenvalue weighted by Crippen LogP contribution is -2.44. The Morgan fingerprint density at radius 1 is 1.26 bits per heavy atom. The molecule has 34 heavy (non-hydrogen) atoms. The number of rotatable bonds is 7. The third-order valence-electron chi connectivity index (χ3n) is 6.56. The number of aromatic nitrogens is 3. The largest absolute Gasteiger partial charge is 0.378 e. The summed E-state index contributed by atoms with van der Waals surface area (Å²) < 4.78 is 5.48. The molecule has 0 aliphatic carbocycles. The van der Waals surface area contributed by atoms with E-state index in [1.165, 1.54) is 5.70 Å². The maximum atomic E-state index is 11.6. The van der Waals surface area contributed by atoms with Crippen LogP contribution in [0.5, 0.6) is 0 Å². The van der Waals surface area contributed by atoms with Crippen LogP contribution in [-0.4, -0.2) is 76.7 Å². The quantitative estimate of drug-likeness (QED) is 0.605. The number of carbonyl (C=O) groups excluding carboxylic acids is 1. The van der Waals surface area contributed by atoms with Crippen LogP contribution in [0.1, 0.15) is 38.3 Å². The lowest BCUT2D eigenvalue weighted by molar-refractivity contribution is 0.0553. The smallest absolute Gasteiger partial charge is 0.314 e. The molecule has 9 nitrogen and oxygen atoms in total. The van der Waals surface area contributed by atoms with Crippen LogP contribution in [0.4, 0.5) is 10.6 Å². The summed E-state index contributed by atoms with van der Waals surface area (Å²) in [4.78, 5) is 29.6. The van der Waals surface area contributed by atoms with Crippen LogP contribution < -0.4 is 11.1 Å². The van der Waals surface area contributed by atoms with Gasteiger partial charge in [0.25, 0.3) is 0 Å². The number of nitrogens with one attached hydrogen (secondary N) is 1. The summed E-state index contributed by atoms with van der Waals surface area (Å²) in [7, 11) is 0. The molecular formula is C25H35N7O2. The summed E-state index contributed by atoms with van der Waals surface area (Å²) in [5, 5.41) is 3.49. The van der Waals surface area contributed by atoms with Gasteiger partial charge in [-0.2, -0.15) is 0 Å². The number of primary amides is 1. The van der Waals surface area contributed by atoms with Crippen molar-refractivity contribution in [2.45, 2.75) is 32.6 Å². The molecule has 2 aliphatic heterocycles. The number of nitrogens with two attached hydrogens (primary N) is 1. The number of fused-ring (bicyclic) bond motifs is 1. The second kappa shape index (κ2) is 11.3. The van der Waals surface area contributed by atoms with Crippen molar-refractivity contribution in [3.8, 4) is 0 Å². The Morgan fingerprint density at radius 3 is 2.82 bits per heavy atom. The number of hydrogen-bond donors (Lipinski definition) is 2. The van der Waals surface area contributed by atoms with Crippen molar-refractivity contribution >= 4 is 22.9 Å². The molecule has 0 radical (unpaired) electrons. The van der Waals surface area contributed by atoms with Crippen LogP contribution in [-0.2, 0) is 4.74 Å². The molecule has 2 saturated heterocycles. The second-order valence-electron chi connectivity index (χ2n) is 8.95. The number of nitrogens with zero attached hydrogens (tertiary/aromatic N) is 5. The van der Waals surface area contributed by atoms with E-state index < -0.39 is 0 Å². The zero-order valence-corrected chi connectivity index (χ0v) is 20.1. The van der Waals surface area contributed by atoms with Crippen LogP contribution in [0.3, 0.4) is 0 Å². The number of urea groups is 1. The predicted molar refractivity (Wildman–Crippen MR) is 133 cm³/mol. The average Bonchev–Trinajstić information content (AvgIpc) is 2.88. The van der Waals surface area contributed by atoms with Crippen molar-refractivity contribution in [2.75, 3.05) is 51.3 Å². The number of allylic oxidation sites excluding steroid dienone is 3. The molecule has 2 amide bonds. The zero-order chi connectivity index (χ0) is 23.9. The molecule has 4 heterocycles. The van der Waals surface area contributed by atoms with Crippen molar-refractivity contribution in [1.29, 1.82) is 0 Å². The van der Waals surface area contributed by atoms with Gasteiger partial charge in [0.05, 0.1) is 24.4 Å². The van der Waals surface area contributed by atoms with Crippen LogP contribution in [0, 0.1) is 5.92 Å². The molecule has 0 aromatic carbocycles. The van der Waals surface area contributed by atoms with E-state index in [9.17, 15) is 4.79 Å². The highest BCUT2D eigenvalue weighted by molar-refractivity contribution is 5.85. The zero-order valence-electron chi connectivity index (χ0n) is 20.1. The van der Waals surface area contributed by atoms with Crippen molar-refractivity contribution in [1.82, 2.24) is 24.8 Å². The Morgan fingerprint density at radius 2 is 2.06 bits per heavy atom. The first kappa shape index (κ1) is 23.9. The minimum atomic E-state index is -0.348. The lowest BCUT2D eigenvalue weighted by atomic mass is 9.98. The topological polar surface area (TPSA) is 110 Å². The van der Waals surface area contributed by atoms with E-state index in [2.05, 4.69) is 52.3 Å². The van der Waals surface area contributed by atoms with Gasteiger partial charge in [0.15, 0.2) is 5.82 Å². The van der Waals surface area contributed by atoms with Crippen LogP contribution >= 0.6 is 0 Å². The van der Waals surface area contributed by atoms with E-state index in [1.54, 1.807) is 17.3 Å². The van der Waals surface area contributed by atoms with Gasteiger partial charge in [-0.05, 0) is 37.8 Å². The minimum absolute atomic E-state index is 0.1000. The number of amides is 2. The molecule has 182 valence electrons. The Kier molecular flexibility index (Phi) is 7.95. The maximum absolute atomic E-state index is 11.6. The number of carbonyl (C=O) groups is 1. The van der Waals surface area contributed by atoms with E-state index in [-0.39, 0.29) is 11.9 Å². The third-order valence-corrected chi connectivity index (χ3v) is 6.56. The third kappa shape index (κ3) is 5.83. The van der Waals surface area contributed by atoms with Gasteiger partial charge in [0.2, 0.25) is 0 Å². The summed E-state index contributed by atoms with van der Waals surface area (Å²) in [6, 6.07) is 1.67. The summed E-state index contributed by atoms with van der Waals surface area (Å²) in [6.07, 6.45) is 11.9. The number of likely N-dealkylation sites (tertiary alicyclic amines) is 1. The first-order valence-corrected chi connectivity index (χ1v) is 12.1. The van der Waals surface area contributed by atoms with Gasteiger partial charge in [-0.25, -0.2) is 14.8 Å². The highest BCUT2D eigenvalue weighted by Crippen LogP contribution is 2.25. The Hall–Kier alpha value is -3.20. The molecule has 2 aliphatic rings. The summed E-state index contributed by atoms with van der Waals surface area (Å²) in [5.41, 5.74) is 9.20. The van der Waals surface area contributed by atoms with Crippen LogP contribution in [0.2, 0.25) is 0 Å². The fourth-order valence-electron chi connectivity index (χ4n) is 4.57. The predicted octanol–water partition coefficient (Wildman–Crippen LogP) is 3.12. The Balaban J connectivity index is 1.50. The molecular weight excluding hydrogens is 430 g/mol. The molecule has 0 spiro atoms. The van der Waals surface area contributed by atoms with Crippen molar-refractivity contribution in [3.63, 3.8) is 0 Å². The molecule has 2 aromatic heterocycles. The van der Waals surface area contributed by atoms with Gasteiger partial charge < -0.3 is 25.6 Å². The molecule has 2 aromatic rings. The number of pyridine rings is 1. The minimum Gasteiger partial charge on any atom is -0.378 e. The van der Waals surface area contributed by atoms with Crippen LogP contribution in [0.15, 0.2) is 42.4 Å². The molecule has 3 N–H and O–H groups in total. The molecule has 0 bridgehead atoms. The number of piperidine rings is 1. The average molecular weight is 466 g/mol. The Bertz CT molecular complexity index is 1050. The van der Waals surface area contributed by atoms with E-state index in [4.69, 9.17) is 15.5 Å². The van der Waals surface area contributed by atoms with Gasteiger partial charge in [0.1, 0.15) is 5.52 Å². The SMILES string of the molecule is C/C=C(\C=C/C(C)c1cc2nccnc2c(NCC2CCCN(C(N)=O)C2)n1)N1CCOCC1.